The van der Waals surface area contributed by atoms with Gasteiger partial charge in [-0.25, -0.2) is 0 Å². The molecule has 0 heterocycles. The first kappa shape index (κ1) is 12.0. The van der Waals surface area contributed by atoms with Gasteiger partial charge in [0.25, 0.3) is 0 Å². The van der Waals surface area contributed by atoms with E-state index >= 15 is 0 Å². The summed E-state index contributed by atoms with van der Waals surface area (Å²) < 4.78 is 0. The van der Waals surface area contributed by atoms with Crippen LogP contribution in [0.4, 0.5) is 0 Å². The van der Waals surface area contributed by atoms with Crippen molar-refractivity contribution in [2.75, 3.05) is 13.6 Å². The fourth-order valence-corrected chi connectivity index (χ4v) is 1.53. The summed E-state index contributed by atoms with van der Waals surface area (Å²) >= 11 is 5.80. The Kier molecular flexibility index (Phi) is 5.17. The number of nitrogens with zero attached hydrogens (tertiary/aromatic N) is 2. The van der Waals surface area contributed by atoms with Crippen LogP contribution in [0.25, 0.3) is 0 Å². The molecule has 0 saturated carbocycles. The maximum absolute atomic E-state index is 8.42. The number of rotatable bonds is 5. The molecule has 0 radical (unpaired) electrons. The van der Waals surface area contributed by atoms with Gasteiger partial charge in [-0.05, 0) is 37.7 Å². The van der Waals surface area contributed by atoms with Crippen LogP contribution >= 0.6 is 11.6 Å². The van der Waals surface area contributed by atoms with Gasteiger partial charge in [0.05, 0.1) is 6.07 Å². The quantitative estimate of drug-likeness (QED) is 0.716. The Bertz CT molecular complexity index is 326. The van der Waals surface area contributed by atoms with Crippen molar-refractivity contribution in [3.8, 4) is 6.07 Å². The van der Waals surface area contributed by atoms with Gasteiger partial charge in [-0.15, -0.1) is 0 Å². The second-order valence-electron chi connectivity index (χ2n) is 3.63. The summed E-state index contributed by atoms with van der Waals surface area (Å²) in [6.45, 7) is 1.86. The Morgan fingerprint density at radius 1 is 1.33 bits per heavy atom. The molecule has 0 aliphatic heterocycles. The van der Waals surface area contributed by atoms with E-state index in [1.54, 1.807) is 0 Å². The molecule has 0 atom stereocenters. The van der Waals surface area contributed by atoms with Crippen LogP contribution in [0.2, 0.25) is 5.02 Å². The molecule has 0 N–H and O–H groups in total. The predicted octanol–water partition coefficient (Wildman–Crippen LogP) is 3.08. The van der Waals surface area contributed by atoms with Crippen molar-refractivity contribution in [2.45, 2.75) is 19.4 Å². The number of hydrogen-bond donors (Lipinski definition) is 0. The number of benzene rings is 1. The highest BCUT2D eigenvalue weighted by molar-refractivity contribution is 6.30. The molecule has 0 bridgehead atoms. The number of hydrogen-bond acceptors (Lipinski definition) is 2. The normalized spacial score (nSPS) is 10.3. The first-order chi connectivity index (χ1) is 7.22. The standard InChI is InChI=1S/C12H15ClN2/c1-15(9-3-2-8-14)10-11-4-6-12(13)7-5-11/h4-7H,2-3,9-10H2,1H3. The number of halogens is 1. The highest BCUT2D eigenvalue weighted by atomic mass is 35.5. The zero-order valence-corrected chi connectivity index (χ0v) is 9.67. The molecular weight excluding hydrogens is 208 g/mol. The van der Waals surface area contributed by atoms with Gasteiger partial charge in [0.2, 0.25) is 0 Å². The third-order valence-electron chi connectivity index (χ3n) is 2.19. The minimum absolute atomic E-state index is 0.630. The van der Waals surface area contributed by atoms with E-state index in [0.717, 1.165) is 24.5 Å². The van der Waals surface area contributed by atoms with Gasteiger partial charge in [-0.2, -0.15) is 5.26 Å². The van der Waals surface area contributed by atoms with E-state index in [9.17, 15) is 0 Å². The molecule has 0 unspecified atom stereocenters. The lowest BCUT2D eigenvalue weighted by Crippen LogP contribution is -2.18. The molecule has 0 aromatic heterocycles. The Hall–Kier alpha value is -1.04. The van der Waals surface area contributed by atoms with Crippen molar-refractivity contribution in [3.05, 3.63) is 34.9 Å². The molecule has 0 saturated heterocycles. The van der Waals surface area contributed by atoms with Gasteiger partial charge < -0.3 is 4.90 Å². The number of unbranched alkanes of at least 4 members (excludes halogenated alkanes) is 1. The maximum atomic E-state index is 8.42. The Morgan fingerprint density at radius 3 is 2.60 bits per heavy atom. The molecule has 1 aromatic rings. The lowest BCUT2D eigenvalue weighted by Gasteiger charge is -2.15. The monoisotopic (exact) mass is 222 g/mol. The summed E-state index contributed by atoms with van der Waals surface area (Å²) in [4.78, 5) is 2.21. The van der Waals surface area contributed by atoms with E-state index in [1.807, 2.05) is 24.3 Å². The van der Waals surface area contributed by atoms with Crippen molar-refractivity contribution < 1.29 is 0 Å². The van der Waals surface area contributed by atoms with Gasteiger partial charge in [0.15, 0.2) is 0 Å². The Morgan fingerprint density at radius 2 is 2.00 bits per heavy atom. The van der Waals surface area contributed by atoms with E-state index in [1.165, 1.54) is 5.56 Å². The zero-order valence-electron chi connectivity index (χ0n) is 8.91. The van der Waals surface area contributed by atoms with Crippen molar-refractivity contribution in [3.63, 3.8) is 0 Å². The molecule has 0 fully saturated rings. The largest absolute Gasteiger partial charge is 0.302 e. The van der Waals surface area contributed by atoms with Gasteiger partial charge in [-0.1, -0.05) is 23.7 Å². The van der Waals surface area contributed by atoms with E-state index in [2.05, 4.69) is 18.0 Å². The molecule has 1 aromatic carbocycles. The van der Waals surface area contributed by atoms with E-state index in [4.69, 9.17) is 16.9 Å². The maximum Gasteiger partial charge on any atom is 0.0622 e. The molecular formula is C12H15ClN2. The minimum Gasteiger partial charge on any atom is -0.302 e. The molecule has 0 spiro atoms. The molecule has 15 heavy (non-hydrogen) atoms. The van der Waals surface area contributed by atoms with Crippen molar-refractivity contribution in [2.24, 2.45) is 0 Å². The smallest absolute Gasteiger partial charge is 0.0622 e. The van der Waals surface area contributed by atoms with E-state index in [0.29, 0.717) is 6.42 Å². The SMILES string of the molecule is CN(CCCC#N)Cc1ccc(Cl)cc1. The van der Waals surface area contributed by atoms with Gasteiger partial charge in [0, 0.05) is 18.0 Å². The van der Waals surface area contributed by atoms with Crippen molar-refractivity contribution in [1.29, 1.82) is 5.26 Å². The summed E-state index contributed by atoms with van der Waals surface area (Å²) in [6.07, 6.45) is 1.56. The molecule has 0 aliphatic rings. The van der Waals surface area contributed by atoms with E-state index < -0.39 is 0 Å². The molecule has 0 aliphatic carbocycles. The van der Waals surface area contributed by atoms with Crippen LogP contribution in [0, 0.1) is 11.3 Å². The van der Waals surface area contributed by atoms with Crippen LogP contribution in [0.15, 0.2) is 24.3 Å². The van der Waals surface area contributed by atoms with Crippen LogP contribution in [-0.2, 0) is 6.54 Å². The number of nitriles is 1. The van der Waals surface area contributed by atoms with Crippen molar-refractivity contribution >= 4 is 11.6 Å². The summed E-state index contributed by atoms with van der Waals surface area (Å²) in [5.74, 6) is 0. The van der Waals surface area contributed by atoms with Crippen LogP contribution in [0.1, 0.15) is 18.4 Å². The minimum atomic E-state index is 0.630. The van der Waals surface area contributed by atoms with Crippen LogP contribution in [0.5, 0.6) is 0 Å². The first-order valence-electron chi connectivity index (χ1n) is 5.02. The molecule has 0 amide bonds. The van der Waals surface area contributed by atoms with Crippen LogP contribution in [0.3, 0.4) is 0 Å². The van der Waals surface area contributed by atoms with Gasteiger partial charge in [0.1, 0.15) is 0 Å². The van der Waals surface area contributed by atoms with E-state index in [-0.39, 0.29) is 0 Å². The summed E-state index contributed by atoms with van der Waals surface area (Å²) in [7, 11) is 2.06. The highest BCUT2D eigenvalue weighted by Crippen LogP contribution is 2.11. The fraction of sp³-hybridized carbons (Fsp3) is 0.417. The third kappa shape index (κ3) is 4.83. The second-order valence-corrected chi connectivity index (χ2v) is 4.06. The lowest BCUT2D eigenvalue weighted by atomic mass is 10.2. The average Bonchev–Trinajstić information content (AvgIpc) is 2.22. The Balaban J connectivity index is 2.34. The molecule has 1 rings (SSSR count). The summed E-state index contributed by atoms with van der Waals surface area (Å²) in [6, 6.07) is 10.0. The zero-order chi connectivity index (χ0) is 11.1. The lowest BCUT2D eigenvalue weighted by molar-refractivity contribution is 0.323. The average molecular weight is 223 g/mol. The van der Waals surface area contributed by atoms with Crippen LogP contribution in [-0.4, -0.2) is 18.5 Å². The third-order valence-corrected chi connectivity index (χ3v) is 2.45. The predicted molar refractivity (Wildman–Crippen MR) is 62.6 cm³/mol. The second kappa shape index (κ2) is 6.44. The summed E-state index contributed by atoms with van der Waals surface area (Å²) in [5.41, 5.74) is 1.25. The van der Waals surface area contributed by atoms with Gasteiger partial charge in [-0.3, -0.25) is 0 Å². The van der Waals surface area contributed by atoms with Gasteiger partial charge >= 0.3 is 0 Å². The topological polar surface area (TPSA) is 27.0 Å². The summed E-state index contributed by atoms with van der Waals surface area (Å²) in [5, 5.41) is 9.19. The highest BCUT2D eigenvalue weighted by Gasteiger charge is 1.99. The molecule has 2 nitrogen and oxygen atoms in total. The fourth-order valence-electron chi connectivity index (χ4n) is 1.41. The Labute approximate surface area is 96.1 Å². The molecule has 80 valence electrons. The van der Waals surface area contributed by atoms with Crippen LogP contribution < -0.4 is 0 Å². The molecule has 3 heteroatoms. The van der Waals surface area contributed by atoms with Crippen molar-refractivity contribution in [1.82, 2.24) is 4.90 Å². The first-order valence-corrected chi connectivity index (χ1v) is 5.40.